The van der Waals surface area contributed by atoms with Crippen LogP contribution in [-0.2, 0) is 6.42 Å². The van der Waals surface area contributed by atoms with E-state index in [1.807, 2.05) is 0 Å². The van der Waals surface area contributed by atoms with Crippen molar-refractivity contribution in [2.75, 3.05) is 13.7 Å². The maximum Gasteiger partial charge on any atom is 0.119 e. The topological polar surface area (TPSA) is 21.3 Å². The third-order valence-electron chi connectivity index (χ3n) is 4.53. The minimum atomic E-state index is 0.533. The van der Waals surface area contributed by atoms with Crippen LogP contribution in [0.15, 0.2) is 18.2 Å². The lowest BCUT2D eigenvalue weighted by Gasteiger charge is -2.15. The second kappa shape index (κ2) is 8.43. The molecule has 2 heteroatoms. The van der Waals surface area contributed by atoms with Gasteiger partial charge in [0, 0.05) is 6.04 Å². The first kappa shape index (κ1) is 16.4. The van der Waals surface area contributed by atoms with Gasteiger partial charge in [-0.2, -0.15) is 0 Å². The van der Waals surface area contributed by atoms with Crippen molar-refractivity contribution in [2.45, 2.75) is 64.8 Å². The summed E-state index contributed by atoms with van der Waals surface area (Å²) in [7, 11) is 1.75. The minimum absolute atomic E-state index is 0.533. The van der Waals surface area contributed by atoms with E-state index in [9.17, 15) is 0 Å². The van der Waals surface area contributed by atoms with E-state index in [1.165, 1.54) is 56.1 Å². The number of hydrogen-bond acceptors (Lipinski definition) is 2. The summed E-state index contributed by atoms with van der Waals surface area (Å²) in [6.07, 6.45) is 9.24. The Kier molecular flexibility index (Phi) is 6.56. The van der Waals surface area contributed by atoms with Gasteiger partial charge < -0.3 is 10.1 Å². The quantitative estimate of drug-likeness (QED) is 0.654. The van der Waals surface area contributed by atoms with Crippen LogP contribution in [0.5, 0.6) is 5.75 Å². The highest BCUT2D eigenvalue weighted by Crippen LogP contribution is 2.33. The standard InChI is InChI=1S/C19H31NO/c1-15(2)8-6-4-5-7-13-20-19-12-10-16-9-11-17(21-3)14-18(16)19/h9,11,14-15,19-20H,4-8,10,12-13H2,1-3H3. The van der Waals surface area contributed by atoms with Crippen LogP contribution >= 0.6 is 0 Å². The number of fused-ring (bicyclic) bond motifs is 1. The first-order valence-electron chi connectivity index (χ1n) is 8.61. The molecule has 0 fully saturated rings. The number of unbranched alkanes of at least 4 members (excludes halogenated alkanes) is 3. The fraction of sp³-hybridized carbons (Fsp3) is 0.684. The molecule has 1 unspecified atom stereocenters. The van der Waals surface area contributed by atoms with Gasteiger partial charge in [0.25, 0.3) is 0 Å². The van der Waals surface area contributed by atoms with E-state index < -0.39 is 0 Å². The Hall–Kier alpha value is -1.02. The van der Waals surface area contributed by atoms with E-state index in [0.29, 0.717) is 6.04 Å². The molecular formula is C19H31NO. The number of rotatable bonds is 9. The molecule has 118 valence electrons. The minimum Gasteiger partial charge on any atom is -0.497 e. The molecule has 21 heavy (non-hydrogen) atoms. The highest BCUT2D eigenvalue weighted by molar-refractivity contribution is 5.40. The SMILES string of the molecule is COc1ccc2c(c1)C(NCCCCCCC(C)C)CC2. The summed E-state index contributed by atoms with van der Waals surface area (Å²) < 4.78 is 5.35. The van der Waals surface area contributed by atoms with Gasteiger partial charge >= 0.3 is 0 Å². The summed E-state index contributed by atoms with van der Waals surface area (Å²) in [5.41, 5.74) is 2.94. The lowest BCUT2D eigenvalue weighted by atomic mass is 10.0. The molecule has 1 aliphatic rings. The maximum absolute atomic E-state index is 5.35. The summed E-state index contributed by atoms with van der Waals surface area (Å²) in [4.78, 5) is 0. The highest BCUT2D eigenvalue weighted by Gasteiger charge is 2.22. The molecule has 0 radical (unpaired) electrons. The smallest absolute Gasteiger partial charge is 0.119 e. The molecule has 0 spiro atoms. The number of aryl methyl sites for hydroxylation is 1. The highest BCUT2D eigenvalue weighted by atomic mass is 16.5. The zero-order chi connectivity index (χ0) is 15.1. The van der Waals surface area contributed by atoms with Crippen LogP contribution in [-0.4, -0.2) is 13.7 Å². The van der Waals surface area contributed by atoms with Crippen LogP contribution in [0.4, 0.5) is 0 Å². The van der Waals surface area contributed by atoms with E-state index in [2.05, 4.69) is 37.4 Å². The Balaban J connectivity index is 1.67. The fourth-order valence-corrected chi connectivity index (χ4v) is 3.23. The third kappa shape index (κ3) is 5.03. The molecule has 0 bridgehead atoms. The van der Waals surface area contributed by atoms with Gasteiger partial charge in [-0.3, -0.25) is 0 Å². The summed E-state index contributed by atoms with van der Waals surface area (Å²) in [5.74, 6) is 1.84. The molecule has 0 saturated heterocycles. The Morgan fingerprint density at radius 1 is 1.19 bits per heavy atom. The number of benzene rings is 1. The van der Waals surface area contributed by atoms with Gasteiger partial charge in [0.2, 0.25) is 0 Å². The van der Waals surface area contributed by atoms with Crippen molar-refractivity contribution in [3.8, 4) is 5.75 Å². The number of methoxy groups -OCH3 is 1. The Labute approximate surface area is 130 Å². The van der Waals surface area contributed by atoms with Crippen molar-refractivity contribution >= 4 is 0 Å². The van der Waals surface area contributed by atoms with Crippen molar-refractivity contribution in [3.63, 3.8) is 0 Å². The first-order chi connectivity index (χ1) is 10.2. The van der Waals surface area contributed by atoms with E-state index in [0.717, 1.165) is 18.2 Å². The van der Waals surface area contributed by atoms with Gasteiger partial charge in [-0.1, -0.05) is 45.6 Å². The van der Waals surface area contributed by atoms with Crippen molar-refractivity contribution < 1.29 is 4.74 Å². The molecule has 1 aliphatic carbocycles. The van der Waals surface area contributed by atoms with Crippen LogP contribution in [0, 0.1) is 5.92 Å². The molecule has 1 atom stereocenters. The largest absolute Gasteiger partial charge is 0.497 e. The van der Waals surface area contributed by atoms with Crippen molar-refractivity contribution in [1.82, 2.24) is 5.32 Å². The maximum atomic E-state index is 5.35. The van der Waals surface area contributed by atoms with Crippen LogP contribution in [0.1, 0.15) is 69.5 Å². The Morgan fingerprint density at radius 3 is 2.76 bits per heavy atom. The normalized spacial score (nSPS) is 17.2. The van der Waals surface area contributed by atoms with Gasteiger partial charge in [0.1, 0.15) is 5.75 Å². The average Bonchev–Trinajstić information content (AvgIpc) is 2.88. The molecule has 2 rings (SSSR count). The third-order valence-corrected chi connectivity index (χ3v) is 4.53. The van der Waals surface area contributed by atoms with Crippen molar-refractivity contribution in [2.24, 2.45) is 5.92 Å². The van der Waals surface area contributed by atoms with Crippen LogP contribution in [0.25, 0.3) is 0 Å². The molecule has 0 aliphatic heterocycles. The molecule has 1 aromatic rings. The number of hydrogen-bond donors (Lipinski definition) is 1. The molecule has 1 N–H and O–H groups in total. The van der Waals surface area contributed by atoms with Gasteiger partial charge in [0.15, 0.2) is 0 Å². The fourth-order valence-electron chi connectivity index (χ4n) is 3.23. The van der Waals surface area contributed by atoms with E-state index in [1.54, 1.807) is 7.11 Å². The Morgan fingerprint density at radius 2 is 2.00 bits per heavy atom. The molecule has 0 saturated carbocycles. The molecule has 0 heterocycles. The molecule has 2 nitrogen and oxygen atoms in total. The predicted molar refractivity (Wildman–Crippen MR) is 90.0 cm³/mol. The van der Waals surface area contributed by atoms with Crippen LogP contribution in [0.2, 0.25) is 0 Å². The van der Waals surface area contributed by atoms with E-state index in [4.69, 9.17) is 4.74 Å². The number of ether oxygens (including phenoxy) is 1. The lowest BCUT2D eigenvalue weighted by Crippen LogP contribution is -2.20. The van der Waals surface area contributed by atoms with Crippen LogP contribution in [0.3, 0.4) is 0 Å². The Bertz CT molecular complexity index is 428. The van der Waals surface area contributed by atoms with Gasteiger partial charge in [-0.15, -0.1) is 0 Å². The predicted octanol–water partition coefficient (Wildman–Crippen LogP) is 4.88. The second-order valence-electron chi connectivity index (χ2n) is 6.71. The van der Waals surface area contributed by atoms with E-state index in [-0.39, 0.29) is 0 Å². The van der Waals surface area contributed by atoms with Gasteiger partial charge in [-0.25, -0.2) is 0 Å². The van der Waals surface area contributed by atoms with Crippen molar-refractivity contribution in [1.29, 1.82) is 0 Å². The zero-order valence-corrected chi connectivity index (χ0v) is 14.0. The molecule has 0 amide bonds. The molecule has 1 aromatic carbocycles. The zero-order valence-electron chi connectivity index (χ0n) is 14.0. The van der Waals surface area contributed by atoms with Gasteiger partial charge in [-0.05, 0) is 55.0 Å². The number of nitrogens with one attached hydrogen (secondary N) is 1. The average molecular weight is 289 g/mol. The van der Waals surface area contributed by atoms with Crippen LogP contribution < -0.4 is 10.1 Å². The summed E-state index contributed by atoms with van der Waals surface area (Å²) >= 11 is 0. The summed E-state index contributed by atoms with van der Waals surface area (Å²) in [5, 5.41) is 3.73. The van der Waals surface area contributed by atoms with Crippen molar-refractivity contribution in [3.05, 3.63) is 29.3 Å². The van der Waals surface area contributed by atoms with E-state index >= 15 is 0 Å². The monoisotopic (exact) mass is 289 g/mol. The lowest BCUT2D eigenvalue weighted by molar-refractivity contribution is 0.413. The summed E-state index contributed by atoms with van der Waals surface area (Å²) in [6.45, 7) is 5.77. The van der Waals surface area contributed by atoms with Gasteiger partial charge in [0.05, 0.1) is 7.11 Å². The summed E-state index contributed by atoms with van der Waals surface area (Å²) in [6, 6.07) is 7.05. The molecule has 0 aromatic heterocycles. The first-order valence-corrected chi connectivity index (χ1v) is 8.61. The second-order valence-corrected chi connectivity index (χ2v) is 6.71. The molecular weight excluding hydrogens is 258 g/mol.